The van der Waals surface area contributed by atoms with Crippen LogP contribution in [-0.2, 0) is 22.7 Å². The van der Waals surface area contributed by atoms with Gasteiger partial charge in [-0.25, -0.2) is 9.18 Å². The van der Waals surface area contributed by atoms with E-state index >= 15 is 0 Å². The Hall–Kier alpha value is -3.55. The fraction of sp³-hybridized carbons (Fsp3) is 0.158. The molecule has 0 saturated carbocycles. The van der Waals surface area contributed by atoms with Gasteiger partial charge in [-0.2, -0.15) is 4.98 Å². The van der Waals surface area contributed by atoms with Crippen molar-refractivity contribution >= 4 is 11.9 Å². The first-order valence-corrected chi connectivity index (χ1v) is 8.10. The number of rotatable bonds is 6. The van der Waals surface area contributed by atoms with Gasteiger partial charge in [-0.3, -0.25) is 4.79 Å². The quantitative estimate of drug-likeness (QED) is 0.672. The monoisotopic (exact) mass is 369 g/mol. The smallest absolute Gasteiger partial charge is 0.338 e. The predicted molar refractivity (Wildman–Crippen MR) is 92.8 cm³/mol. The second-order valence-electron chi connectivity index (χ2n) is 5.70. The Balaban J connectivity index is 1.56. The van der Waals surface area contributed by atoms with Crippen molar-refractivity contribution in [2.45, 2.75) is 20.1 Å². The third-order valence-corrected chi connectivity index (χ3v) is 3.63. The van der Waals surface area contributed by atoms with E-state index in [1.807, 2.05) is 0 Å². The number of benzene rings is 2. The van der Waals surface area contributed by atoms with Gasteiger partial charge in [0, 0.05) is 19.0 Å². The van der Waals surface area contributed by atoms with Crippen LogP contribution in [-0.4, -0.2) is 22.0 Å². The standard InChI is InChI=1S/C19H16FN3O4/c1-12(24)21-10-13-2-4-15(5-3-13)19(25)26-11-17-22-18(23-27-17)14-6-8-16(20)9-7-14/h2-9H,10-11H2,1H3,(H,21,24). The summed E-state index contributed by atoms with van der Waals surface area (Å²) < 4.78 is 23.1. The predicted octanol–water partition coefficient (Wildman–Crippen LogP) is 2.87. The van der Waals surface area contributed by atoms with Crippen LogP contribution in [0.15, 0.2) is 53.1 Å². The van der Waals surface area contributed by atoms with Crippen LogP contribution in [0.3, 0.4) is 0 Å². The highest BCUT2D eigenvalue weighted by molar-refractivity contribution is 5.89. The van der Waals surface area contributed by atoms with Crippen LogP contribution >= 0.6 is 0 Å². The fourth-order valence-electron chi connectivity index (χ4n) is 2.23. The minimum atomic E-state index is -0.539. The molecular weight excluding hydrogens is 353 g/mol. The van der Waals surface area contributed by atoms with E-state index in [1.165, 1.54) is 31.2 Å². The van der Waals surface area contributed by atoms with E-state index in [-0.39, 0.29) is 30.0 Å². The number of ether oxygens (including phenoxy) is 1. The van der Waals surface area contributed by atoms with E-state index < -0.39 is 5.97 Å². The van der Waals surface area contributed by atoms with E-state index in [0.717, 1.165) is 5.56 Å². The van der Waals surface area contributed by atoms with Crippen LogP contribution in [0, 0.1) is 5.82 Å². The largest absolute Gasteiger partial charge is 0.452 e. The highest BCUT2D eigenvalue weighted by Crippen LogP contribution is 2.16. The number of nitrogens with zero attached hydrogens (tertiary/aromatic N) is 2. The van der Waals surface area contributed by atoms with Gasteiger partial charge in [0.05, 0.1) is 5.56 Å². The van der Waals surface area contributed by atoms with Gasteiger partial charge in [0.25, 0.3) is 5.89 Å². The molecule has 0 aliphatic carbocycles. The molecule has 2 aromatic carbocycles. The Bertz CT molecular complexity index is 936. The number of amides is 1. The summed E-state index contributed by atoms with van der Waals surface area (Å²) in [6, 6.07) is 12.3. The summed E-state index contributed by atoms with van der Waals surface area (Å²) in [5, 5.41) is 6.45. The van der Waals surface area contributed by atoms with Gasteiger partial charge in [0.1, 0.15) is 5.82 Å². The lowest BCUT2D eigenvalue weighted by Crippen LogP contribution is -2.18. The fourth-order valence-corrected chi connectivity index (χ4v) is 2.23. The third-order valence-electron chi connectivity index (χ3n) is 3.63. The first-order chi connectivity index (χ1) is 13.0. The number of hydrogen-bond donors (Lipinski definition) is 1. The molecule has 0 bridgehead atoms. The van der Waals surface area contributed by atoms with Crippen molar-refractivity contribution in [3.63, 3.8) is 0 Å². The van der Waals surface area contributed by atoms with Gasteiger partial charge < -0.3 is 14.6 Å². The van der Waals surface area contributed by atoms with Crippen LogP contribution in [0.1, 0.15) is 28.7 Å². The van der Waals surface area contributed by atoms with Crippen molar-refractivity contribution in [3.05, 3.63) is 71.4 Å². The number of halogens is 1. The molecule has 0 aliphatic heterocycles. The number of nitrogens with one attached hydrogen (secondary N) is 1. The highest BCUT2D eigenvalue weighted by atomic mass is 19.1. The van der Waals surface area contributed by atoms with Gasteiger partial charge in [0.15, 0.2) is 6.61 Å². The molecule has 0 atom stereocenters. The van der Waals surface area contributed by atoms with Crippen LogP contribution in [0.5, 0.6) is 0 Å². The van der Waals surface area contributed by atoms with E-state index in [9.17, 15) is 14.0 Å². The van der Waals surface area contributed by atoms with E-state index in [4.69, 9.17) is 9.26 Å². The maximum Gasteiger partial charge on any atom is 0.338 e. The summed E-state index contributed by atoms with van der Waals surface area (Å²) in [6.07, 6.45) is 0. The second kappa shape index (κ2) is 8.22. The normalized spacial score (nSPS) is 10.4. The Kier molecular flexibility index (Phi) is 5.55. The molecule has 1 N–H and O–H groups in total. The molecule has 3 aromatic rings. The maximum absolute atomic E-state index is 12.9. The molecule has 27 heavy (non-hydrogen) atoms. The van der Waals surface area contributed by atoms with Crippen molar-refractivity contribution in [1.29, 1.82) is 0 Å². The zero-order valence-corrected chi connectivity index (χ0v) is 14.4. The number of esters is 1. The topological polar surface area (TPSA) is 94.3 Å². The van der Waals surface area contributed by atoms with Crippen LogP contribution < -0.4 is 5.32 Å². The van der Waals surface area contributed by atoms with Crippen molar-refractivity contribution in [3.8, 4) is 11.4 Å². The average Bonchev–Trinajstić information content (AvgIpc) is 3.14. The Morgan fingerprint density at radius 3 is 2.48 bits per heavy atom. The van der Waals surface area contributed by atoms with Gasteiger partial charge in [-0.15, -0.1) is 0 Å². The summed E-state index contributed by atoms with van der Waals surface area (Å²) in [7, 11) is 0. The molecule has 1 heterocycles. The number of carbonyl (C=O) groups excluding carboxylic acids is 2. The molecule has 138 valence electrons. The molecule has 8 heteroatoms. The van der Waals surface area contributed by atoms with Crippen molar-refractivity contribution in [2.75, 3.05) is 0 Å². The lowest BCUT2D eigenvalue weighted by molar-refractivity contribution is -0.119. The van der Waals surface area contributed by atoms with E-state index in [0.29, 0.717) is 17.7 Å². The Morgan fingerprint density at radius 1 is 1.11 bits per heavy atom. The summed E-state index contributed by atoms with van der Waals surface area (Å²) in [6.45, 7) is 1.64. The molecule has 0 saturated heterocycles. The molecule has 1 aromatic heterocycles. The second-order valence-corrected chi connectivity index (χ2v) is 5.70. The first-order valence-electron chi connectivity index (χ1n) is 8.10. The molecule has 7 nitrogen and oxygen atoms in total. The zero-order valence-electron chi connectivity index (χ0n) is 14.4. The summed E-state index contributed by atoms with van der Waals surface area (Å²) in [4.78, 5) is 27.1. The van der Waals surface area contributed by atoms with Gasteiger partial charge in [-0.05, 0) is 42.0 Å². The molecule has 0 fully saturated rings. The molecule has 1 amide bonds. The maximum atomic E-state index is 12.9. The van der Waals surface area contributed by atoms with Crippen molar-refractivity contribution < 1.29 is 23.2 Å². The van der Waals surface area contributed by atoms with Gasteiger partial charge >= 0.3 is 5.97 Å². The minimum Gasteiger partial charge on any atom is -0.452 e. The molecule has 0 spiro atoms. The summed E-state index contributed by atoms with van der Waals surface area (Å²) in [5.74, 6) is -0.617. The van der Waals surface area contributed by atoms with Gasteiger partial charge in [0.2, 0.25) is 11.7 Å². The number of carbonyl (C=O) groups is 2. The third kappa shape index (κ3) is 4.97. The average molecular weight is 369 g/mol. The highest BCUT2D eigenvalue weighted by Gasteiger charge is 2.12. The van der Waals surface area contributed by atoms with E-state index in [2.05, 4.69) is 15.5 Å². The number of hydrogen-bond acceptors (Lipinski definition) is 6. The summed E-state index contributed by atoms with van der Waals surface area (Å²) >= 11 is 0. The lowest BCUT2D eigenvalue weighted by Gasteiger charge is -2.05. The Morgan fingerprint density at radius 2 is 1.81 bits per heavy atom. The molecule has 3 rings (SSSR count). The molecule has 0 unspecified atom stereocenters. The van der Waals surface area contributed by atoms with Crippen molar-refractivity contribution in [1.82, 2.24) is 15.5 Å². The van der Waals surface area contributed by atoms with E-state index in [1.54, 1.807) is 24.3 Å². The zero-order chi connectivity index (χ0) is 19.2. The van der Waals surface area contributed by atoms with Crippen LogP contribution in [0.25, 0.3) is 11.4 Å². The van der Waals surface area contributed by atoms with Crippen LogP contribution in [0.4, 0.5) is 4.39 Å². The first kappa shape index (κ1) is 18.2. The molecular formula is C19H16FN3O4. The lowest BCUT2D eigenvalue weighted by atomic mass is 10.1. The SMILES string of the molecule is CC(=O)NCc1ccc(C(=O)OCc2nc(-c3ccc(F)cc3)no2)cc1. The van der Waals surface area contributed by atoms with Crippen molar-refractivity contribution in [2.24, 2.45) is 0 Å². The minimum absolute atomic E-state index is 0.127. The van der Waals surface area contributed by atoms with Gasteiger partial charge in [-0.1, -0.05) is 17.3 Å². The molecule has 0 aliphatic rings. The summed E-state index contributed by atoms with van der Waals surface area (Å²) in [5.41, 5.74) is 1.81. The number of aromatic nitrogens is 2. The Labute approximate surface area is 154 Å². The molecule has 0 radical (unpaired) electrons. The van der Waals surface area contributed by atoms with Crippen LogP contribution in [0.2, 0.25) is 0 Å².